The van der Waals surface area contributed by atoms with Crippen LogP contribution in [0.4, 0.5) is 5.69 Å². The molecule has 0 fully saturated rings. The van der Waals surface area contributed by atoms with Gasteiger partial charge in [0.2, 0.25) is 0 Å². The number of esters is 1. The molecule has 0 amide bonds. The number of hydrogen-bond donors (Lipinski definition) is 0. The Labute approximate surface area is 180 Å². The Morgan fingerprint density at radius 1 is 1.16 bits per heavy atom. The summed E-state index contributed by atoms with van der Waals surface area (Å²) in [5.41, 5.74) is 5.79. The number of nitriles is 1. The number of methoxy groups -OCH3 is 1. The molecule has 0 aliphatic rings. The molecule has 0 aliphatic heterocycles. The van der Waals surface area contributed by atoms with Gasteiger partial charge in [-0.2, -0.15) is 5.26 Å². The number of rotatable bonds is 5. The first kappa shape index (κ1) is 21.5. The molecule has 0 spiro atoms. The molecule has 0 aliphatic carbocycles. The van der Waals surface area contributed by atoms with Gasteiger partial charge in [0.25, 0.3) is 5.69 Å². The number of nitrogens with zero attached hydrogens (tertiary/aromatic N) is 3. The van der Waals surface area contributed by atoms with Crippen LogP contribution < -0.4 is 0 Å². The molecule has 156 valence electrons. The second kappa shape index (κ2) is 8.67. The number of carbonyl (C=O) groups excluding carboxylic acids is 1. The fourth-order valence-electron chi connectivity index (χ4n) is 3.60. The van der Waals surface area contributed by atoms with Crippen molar-refractivity contribution in [2.75, 3.05) is 7.11 Å². The van der Waals surface area contributed by atoms with E-state index < -0.39 is 10.9 Å². The fourth-order valence-corrected chi connectivity index (χ4v) is 3.60. The molecule has 0 atom stereocenters. The SMILES string of the molecule is COC(=O)c1cccc(-n2c(C)cc(C=C(C#N)c3ccc([N+](=O)[O-])cc3)c2C)c1C. The van der Waals surface area contributed by atoms with Crippen molar-refractivity contribution in [2.24, 2.45) is 0 Å². The van der Waals surface area contributed by atoms with E-state index in [0.717, 1.165) is 28.2 Å². The van der Waals surface area contributed by atoms with Crippen LogP contribution in [0.2, 0.25) is 0 Å². The average molecular weight is 415 g/mol. The number of nitro groups is 1. The molecule has 3 rings (SSSR count). The number of aryl methyl sites for hydroxylation is 1. The van der Waals surface area contributed by atoms with Crippen LogP contribution in [0.5, 0.6) is 0 Å². The standard InChI is InChI=1S/C24H21N3O4/c1-15-12-19(13-20(14-25)18-8-10-21(11-9-18)27(29)30)17(3)26(15)23-7-5-6-22(16(23)2)24(28)31-4/h5-13H,1-4H3. The van der Waals surface area contributed by atoms with Crippen molar-refractivity contribution >= 4 is 23.3 Å². The van der Waals surface area contributed by atoms with E-state index in [1.807, 2.05) is 37.5 Å². The summed E-state index contributed by atoms with van der Waals surface area (Å²) in [6.45, 7) is 5.76. The van der Waals surface area contributed by atoms with Gasteiger partial charge in [-0.1, -0.05) is 6.07 Å². The lowest BCUT2D eigenvalue weighted by Crippen LogP contribution is -2.08. The Hall–Kier alpha value is -4.18. The molecule has 0 saturated carbocycles. The summed E-state index contributed by atoms with van der Waals surface area (Å²) in [5, 5.41) is 20.5. The van der Waals surface area contributed by atoms with E-state index in [1.165, 1.54) is 19.2 Å². The third-order valence-corrected chi connectivity index (χ3v) is 5.23. The van der Waals surface area contributed by atoms with Crippen LogP contribution in [0, 0.1) is 42.2 Å². The van der Waals surface area contributed by atoms with E-state index in [2.05, 4.69) is 6.07 Å². The Morgan fingerprint density at radius 2 is 1.84 bits per heavy atom. The molecule has 0 radical (unpaired) electrons. The van der Waals surface area contributed by atoms with Crippen LogP contribution >= 0.6 is 0 Å². The van der Waals surface area contributed by atoms with Crippen molar-refractivity contribution < 1.29 is 14.5 Å². The van der Waals surface area contributed by atoms with Crippen molar-refractivity contribution in [2.45, 2.75) is 20.8 Å². The highest BCUT2D eigenvalue weighted by Crippen LogP contribution is 2.28. The number of nitro benzene ring substituents is 1. The molecule has 0 unspecified atom stereocenters. The van der Waals surface area contributed by atoms with E-state index in [0.29, 0.717) is 16.7 Å². The molecule has 1 aromatic heterocycles. The van der Waals surface area contributed by atoms with Gasteiger partial charge in [0, 0.05) is 29.2 Å². The molecule has 2 aromatic carbocycles. The smallest absolute Gasteiger partial charge is 0.338 e. The predicted molar refractivity (Wildman–Crippen MR) is 118 cm³/mol. The molecule has 7 heteroatoms. The minimum absolute atomic E-state index is 0.0276. The topological polar surface area (TPSA) is 98.2 Å². The quantitative estimate of drug-likeness (QED) is 0.248. The van der Waals surface area contributed by atoms with Crippen LogP contribution in [0.15, 0.2) is 48.5 Å². The first-order valence-electron chi connectivity index (χ1n) is 9.52. The van der Waals surface area contributed by atoms with Crippen molar-refractivity contribution in [1.29, 1.82) is 5.26 Å². The number of ether oxygens (including phenoxy) is 1. The maximum Gasteiger partial charge on any atom is 0.338 e. The number of hydrogen-bond acceptors (Lipinski definition) is 5. The Kier molecular flexibility index (Phi) is 6.02. The second-order valence-corrected chi connectivity index (χ2v) is 7.08. The van der Waals surface area contributed by atoms with Gasteiger partial charge in [0.1, 0.15) is 0 Å². The summed E-state index contributed by atoms with van der Waals surface area (Å²) in [7, 11) is 1.35. The zero-order valence-electron chi connectivity index (χ0n) is 17.7. The van der Waals surface area contributed by atoms with E-state index in [-0.39, 0.29) is 5.69 Å². The first-order chi connectivity index (χ1) is 14.8. The molecule has 7 nitrogen and oxygen atoms in total. The van der Waals surface area contributed by atoms with E-state index in [9.17, 15) is 20.2 Å². The van der Waals surface area contributed by atoms with Crippen molar-refractivity contribution in [3.8, 4) is 11.8 Å². The Balaban J connectivity index is 2.08. The third-order valence-electron chi connectivity index (χ3n) is 5.23. The van der Waals surface area contributed by atoms with Crippen molar-refractivity contribution in [3.05, 3.63) is 92.3 Å². The first-order valence-corrected chi connectivity index (χ1v) is 9.52. The van der Waals surface area contributed by atoms with Crippen LogP contribution in [0.3, 0.4) is 0 Å². The molecule has 31 heavy (non-hydrogen) atoms. The molecule has 0 bridgehead atoms. The fraction of sp³-hybridized carbons (Fsp3) is 0.167. The van der Waals surface area contributed by atoms with Crippen LogP contribution in [-0.2, 0) is 4.74 Å². The van der Waals surface area contributed by atoms with Gasteiger partial charge in [-0.05, 0) is 73.9 Å². The Bertz CT molecular complexity index is 1250. The number of allylic oxidation sites excluding steroid dienone is 1. The summed E-state index contributed by atoms with van der Waals surface area (Å²) >= 11 is 0. The molecule has 1 heterocycles. The average Bonchev–Trinajstić information content (AvgIpc) is 3.04. The zero-order chi connectivity index (χ0) is 22.7. The molecule has 0 N–H and O–H groups in total. The minimum Gasteiger partial charge on any atom is -0.465 e. The monoisotopic (exact) mass is 415 g/mol. The summed E-state index contributed by atoms with van der Waals surface area (Å²) in [4.78, 5) is 22.5. The largest absolute Gasteiger partial charge is 0.465 e. The summed E-state index contributed by atoms with van der Waals surface area (Å²) in [6, 6.07) is 15.5. The predicted octanol–water partition coefficient (Wildman–Crippen LogP) is 5.16. The lowest BCUT2D eigenvalue weighted by atomic mass is 10.0. The van der Waals surface area contributed by atoms with E-state index in [4.69, 9.17) is 4.74 Å². The molecule has 0 saturated heterocycles. The zero-order valence-corrected chi connectivity index (χ0v) is 17.7. The maximum atomic E-state index is 12.1. The van der Waals surface area contributed by atoms with Gasteiger partial charge < -0.3 is 9.30 Å². The molecular formula is C24H21N3O4. The van der Waals surface area contributed by atoms with Gasteiger partial charge in [0.05, 0.1) is 29.2 Å². The number of aromatic nitrogens is 1. The number of non-ortho nitro benzene ring substituents is 1. The van der Waals surface area contributed by atoms with Gasteiger partial charge in [0.15, 0.2) is 0 Å². The van der Waals surface area contributed by atoms with Crippen LogP contribution in [0.1, 0.15) is 38.4 Å². The normalized spacial score (nSPS) is 11.1. The second-order valence-electron chi connectivity index (χ2n) is 7.08. The van der Waals surface area contributed by atoms with Gasteiger partial charge in [-0.25, -0.2) is 4.79 Å². The number of benzene rings is 2. The Morgan fingerprint density at radius 3 is 2.42 bits per heavy atom. The van der Waals surface area contributed by atoms with Gasteiger partial charge >= 0.3 is 5.97 Å². The highest BCUT2D eigenvalue weighted by atomic mass is 16.6. The lowest BCUT2D eigenvalue weighted by molar-refractivity contribution is -0.384. The summed E-state index contributed by atoms with van der Waals surface area (Å²) in [6.07, 6.45) is 1.76. The highest BCUT2D eigenvalue weighted by Gasteiger charge is 2.17. The minimum atomic E-state index is -0.474. The van der Waals surface area contributed by atoms with E-state index >= 15 is 0 Å². The van der Waals surface area contributed by atoms with Crippen LogP contribution in [-0.4, -0.2) is 22.6 Å². The lowest BCUT2D eigenvalue weighted by Gasteiger charge is -2.15. The number of carbonyl (C=O) groups is 1. The van der Waals surface area contributed by atoms with Gasteiger partial charge in [-0.3, -0.25) is 10.1 Å². The van der Waals surface area contributed by atoms with Crippen molar-refractivity contribution in [3.63, 3.8) is 0 Å². The maximum absolute atomic E-state index is 12.1. The van der Waals surface area contributed by atoms with Crippen LogP contribution in [0.25, 0.3) is 17.3 Å². The summed E-state index contributed by atoms with van der Waals surface area (Å²) < 4.78 is 6.90. The summed E-state index contributed by atoms with van der Waals surface area (Å²) in [5.74, 6) is -0.396. The molecule has 3 aromatic rings. The third kappa shape index (κ3) is 4.09. The van der Waals surface area contributed by atoms with Gasteiger partial charge in [-0.15, -0.1) is 0 Å². The van der Waals surface area contributed by atoms with Crippen molar-refractivity contribution in [1.82, 2.24) is 4.57 Å². The van der Waals surface area contributed by atoms with E-state index in [1.54, 1.807) is 30.3 Å². The molecular weight excluding hydrogens is 394 g/mol. The highest BCUT2D eigenvalue weighted by molar-refractivity contribution is 5.92.